The SMILES string of the molecule is COC(=O)N[C@H](C(=O)N[C@@H](Cc1ccccc1)[C@H](CN(CC1CCCCC1)NC(=O)[C@@H](NC(=O)OC)C(C)C)OC(=O)c1ccc(CN2CCOCC2)cc1)C(C)C. The summed E-state index contributed by atoms with van der Waals surface area (Å²) in [6.07, 6.45) is 2.93. The van der Waals surface area contributed by atoms with Gasteiger partial charge in [0.25, 0.3) is 5.91 Å². The largest absolute Gasteiger partial charge is 0.455 e. The van der Waals surface area contributed by atoms with Crippen LogP contribution in [-0.2, 0) is 41.5 Å². The zero-order valence-corrected chi connectivity index (χ0v) is 35.0. The molecular formula is C43H64N6O9. The first-order valence-corrected chi connectivity index (χ1v) is 20.6. The van der Waals surface area contributed by atoms with E-state index in [-0.39, 0.29) is 30.7 Å². The van der Waals surface area contributed by atoms with Crippen LogP contribution in [0.3, 0.4) is 0 Å². The molecule has 4 atom stereocenters. The van der Waals surface area contributed by atoms with Crippen molar-refractivity contribution in [3.63, 3.8) is 0 Å². The van der Waals surface area contributed by atoms with Crippen LogP contribution in [0, 0.1) is 17.8 Å². The summed E-state index contributed by atoms with van der Waals surface area (Å²) in [5.74, 6) is -1.89. The van der Waals surface area contributed by atoms with E-state index in [0.29, 0.717) is 25.3 Å². The number of morpholine rings is 1. The van der Waals surface area contributed by atoms with Crippen LogP contribution in [0.1, 0.15) is 81.3 Å². The summed E-state index contributed by atoms with van der Waals surface area (Å²) in [6.45, 7) is 11.5. The number of hydrogen-bond donors (Lipinski definition) is 4. The Labute approximate surface area is 343 Å². The fourth-order valence-electron chi connectivity index (χ4n) is 7.36. The van der Waals surface area contributed by atoms with Crippen LogP contribution in [0.5, 0.6) is 0 Å². The van der Waals surface area contributed by atoms with Crippen LogP contribution < -0.4 is 21.4 Å². The number of esters is 1. The van der Waals surface area contributed by atoms with Crippen molar-refractivity contribution < 1.29 is 42.9 Å². The van der Waals surface area contributed by atoms with Crippen molar-refractivity contribution in [2.75, 3.05) is 53.6 Å². The van der Waals surface area contributed by atoms with E-state index >= 15 is 0 Å². The second-order valence-electron chi connectivity index (χ2n) is 15.9. The Kier molecular flexibility index (Phi) is 18.7. The fourth-order valence-corrected chi connectivity index (χ4v) is 7.36. The number of nitrogens with zero attached hydrogens (tertiary/aromatic N) is 2. The second kappa shape index (κ2) is 23.6. The van der Waals surface area contributed by atoms with Crippen molar-refractivity contribution in [3.05, 3.63) is 71.3 Å². The average molecular weight is 809 g/mol. The van der Waals surface area contributed by atoms with Gasteiger partial charge in [-0.05, 0) is 60.3 Å². The molecule has 0 radical (unpaired) electrons. The van der Waals surface area contributed by atoms with E-state index in [0.717, 1.165) is 62.9 Å². The number of carbonyl (C=O) groups excluding carboxylic acids is 5. The monoisotopic (exact) mass is 808 g/mol. The average Bonchev–Trinajstić information content (AvgIpc) is 3.22. The molecule has 0 aromatic heterocycles. The first-order chi connectivity index (χ1) is 27.9. The molecule has 2 aromatic rings. The minimum atomic E-state index is -1.01. The minimum absolute atomic E-state index is 0.000684. The number of amides is 4. The number of carbonyl (C=O) groups is 5. The number of nitrogens with one attached hydrogen (secondary N) is 4. The summed E-state index contributed by atoms with van der Waals surface area (Å²) in [4.78, 5) is 69.1. The lowest BCUT2D eigenvalue weighted by Gasteiger charge is -2.36. The minimum Gasteiger partial charge on any atom is -0.455 e. The first kappa shape index (κ1) is 46.0. The van der Waals surface area contributed by atoms with Gasteiger partial charge in [0, 0.05) is 26.2 Å². The molecule has 2 aromatic carbocycles. The summed E-state index contributed by atoms with van der Waals surface area (Å²) < 4.78 is 21.5. The number of methoxy groups -OCH3 is 2. The lowest BCUT2D eigenvalue weighted by Crippen LogP contribution is -2.60. The Morgan fingerprint density at radius 3 is 1.91 bits per heavy atom. The molecule has 1 heterocycles. The van der Waals surface area contributed by atoms with Gasteiger partial charge in [-0.2, -0.15) is 0 Å². The molecule has 0 unspecified atom stereocenters. The lowest BCUT2D eigenvalue weighted by molar-refractivity contribution is -0.131. The van der Waals surface area contributed by atoms with Crippen LogP contribution >= 0.6 is 0 Å². The topological polar surface area (TPSA) is 177 Å². The smallest absolute Gasteiger partial charge is 0.407 e. The molecule has 4 amide bonds. The van der Waals surface area contributed by atoms with Crippen LogP contribution in [0.25, 0.3) is 0 Å². The van der Waals surface area contributed by atoms with E-state index in [4.69, 9.17) is 18.9 Å². The summed E-state index contributed by atoms with van der Waals surface area (Å²) in [6, 6.07) is 14.1. The van der Waals surface area contributed by atoms with Gasteiger partial charge in [0.2, 0.25) is 5.91 Å². The third-order valence-corrected chi connectivity index (χ3v) is 10.7. The maximum atomic E-state index is 14.2. The van der Waals surface area contributed by atoms with Gasteiger partial charge in [0.15, 0.2) is 0 Å². The van der Waals surface area contributed by atoms with E-state index < -0.39 is 54.2 Å². The van der Waals surface area contributed by atoms with E-state index in [9.17, 15) is 24.0 Å². The standard InChI is InChI=1S/C43H64N6O9/c1-29(2)37(45-42(53)55-5)39(50)44-35(25-31-13-9-7-10-14-31)36(58-41(52)34-19-17-33(18-20-34)26-48-21-23-57-24-22-48)28-49(27-32-15-11-8-12-16-32)47-40(51)38(30(3)4)46-43(54)56-6/h7,9-10,13-14,17-20,29-30,32,35-38H,8,11-12,15-16,21-28H2,1-6H3,(H,44,50)(H,45,53)(H,46,54)(H,47,51)/t35-,36-,37-,38-/m0/s1. The normalized spacial score (nSPS) is 17.1. The summed E-state index contributed by atoms with van der Waals surface area (Å²) in [5.41, 5.74) is 5.29. The highest BCUT2D eigenvalue weighted by atomic mass is 16.6. The third-order valence-electron chi connectivity index (χ3n) is 10.7. The number of alkyl carbamates (subject to hydrolysis) is 2. The molecule has 1 aliphatic carbocycles. The summed E-state index contributed by atoms with van der Waals surface area (Å²) in [5, 5.41) is 10.1. The zero-order valence-electron chi connectivity index (χ0n) is 35.0. The van der Waals surface area contributed by atoms with Gasteiger partial charge in [-0.25, -0.2) is 19.4 Å². The molecule has 0 spiro atoms. The molecule has 4 N–H and O–H groups in total. The first-order valence-electron chi connectivity index (χ1n) is 20.6. The number of hydrazine groups is 1. The molecule has 58 heavy (non-hydrogen) atoms. The Hall–Kier alpha value is -4.73. The van der Waals surface area contributed by atoms with Crippen molar-refractivity contribution in [1.29, 1.82) is 0 Å². The molecule has 1 saturated carbocycles. The summed E-state index contributed by atoms with van der Waals surface area (Å²) in [7, 11) is 2.47. The van der Waals surface area contributed by atoms with Crippen LogP contribution in [0.15, 0.2) is 54.6 Å². The van der Waals surface area contributed by atoms with Gasteiger partial charge in [-0.3, -0.25) is 19.9 Å². The zero-order chi connectivity index (χ0) is 42.0. The molecule has 320 valence electrons. The van der Waals surface area contributed by atoms with Crippen molar-refractivity contribution in [2.24, 2.45) is 17.8 Å². The predicted octanol–water partition coefficient (Wildman–Crippen LogP) is 4.45. The highest BCUT2D eigenvalue weighted by molar-refractivity contribution is 5.90. The number of rotatable bonds is 19. The second-order valence-corrected chi connectivity index (χ2v) is 15.9. The Bertz CT molecular complexity index is 1600. The van der Waals surface area contributed by atoms with E-state index in [1.165, 1.54) is 14.2 Å². The van der Waals surface area contributed by atoms with Gasteiger partial charge in [-0.15, -0.1) is 0 Å². The van der Waals surface area contributed by atoms with Crippen molar-refractivity contribution in [1.82, 2.24) is 31.3 Å². The number of benzene rings is 2. The molecule has 1 aliphatic heterocycles. The summed E-state index contributed by atoms with van der Waals surface area (Å²) >= 11 is 0. The molecule has 1 saturated heterocycles. The molecule has 4 rings (SSSR count). The fraction of sp³-hybridized carbons (Fsp3) is 0.605. The molecule has 0 bridgehead atoms. The number of hydrogen-bond acceptors (Lipinski definition) is 11. The van der Waals surface area contributed by atoms with Crippen LogP contribution in [0.4, 0.5) is 9.59 Å². The highest BCUT2D eigenvalue weighted by Crippen LogP contribution is 2.25. The van der Waals surface area contributed by atoms with Crippen molar-refractivity contribution in [3.8, 4) is 0 Å². The van der Waals surface area contributed by atoms with Crippen molar-refractivity contribution in [2.45, 2.75) is 97.0 Å². The third kappa shape index (κ3) is 14.9. The van der Waals surface area contributed by atoms with Gasteiger partial charge in [-0.1, -0.05) is 89.4 Å². The molecular weight excluding hydrogens is 745 g/mol. The Balaban J connectivity index is 1.71. The number of ether oxygens (including phenoxy) is 4. The van der Waals surface area contributed by atoms with Crippen molar-refractivity contribution >= 4 is 30.0 Å². The molecule has 15 heteroatoms. The Morgan fingerprint density at radius 2 is 1.34 bits per heavy atom. The van der Waals surface area contributed by atoms with E-state index in [2.05, 4.69) is 26.3 Å². The lowest BCUT2D eigenvalue weighted by atomic mass is 9.89. The van der Waals surface area contributed by atoms with Gasteiger partial charge in [0.05, 0.1) is 45.6 Å². The maximum Gasteiger partial charge on any atom is 0.407 e. The predicted molar refractivity (Wildman–Crippen MR) is 218 cm³/mol. The highest BCUT2D eigenvalue weighted by Gasteiger charge is 2.35. The van der Waals surface area contributed by atoms with Gasteiger partial charge in [0.1, 0.15) is 18.2 Å². The maximum absolute atomic E-state index is 14.2. The molecule has 2 aliphatic rings. The van der Waals surface area contributed by atoms with Gasteiger partial charge < -0.3 is 34.9 Å². The van der Waals surface area contributed by atoms with Crippen LogP contribution in [-0.4, -0.2) is 118 Å². The Morgan fingerprint density at radius 1 is 0.759 bits per heavy atom. The molecule has 15 nitrogen and oxygen atoms in total. The van der Waals surface area contributed by atoms with E-state index in [1.54, 1.807) is 17.1 Å². The van der Waals surface area contributed by atoms with Crippen LogP contribution in [0.2, 0.25) is 0 Å². The quantitative estimate of drug-likeness (QED) is 0.0897. The van der Waals surface area contributed by atoms with E-state index in [1.807, 2.05) is 70.2 Å². The molecule has 2 fully saturated rings. The van der Waals surface area contributed by atoms with Gasteiger partial charge >= 0.3 is 18.2 Å².